The Kier molecular flexibility index (Phi) is 7.51. The molecule has 0 N–H and O–H groups in total. The molecular weight excluding hydrogens is 477 g/mol. The van der Waals surface area contributed by atoms with Gasteiger partial charge in [-0.1, -0.05) is 54.6 Å². The van der Waals surface area contributed by atoms with E-state index >= 15 is 0 Å². The van der Waals surface area contributed by atoms with Crippen LogP contribution in [0.2, 0.25) is 0 Å². The first kappa shape index (κ1) is 25.3. The summed E-state index contributed by atoms with van der Waals surface area (Å²) in [6.07, 6.45) is -2.31. The number of carbonyl (C=O) groups is 1. The Morgan fingerprint density at radius 3 is 2.35 bits per heavy atom. The molecule has 3 aromatic rings. The van der Waals surface area contributed by atoms with Gasteiger partial charge in [-0.05, 0) is 59.7 Å². The van der Waals surface area contributed by atoms with Gasteiger partial charge in [0.2, 0.25) is 5.91 Å². The molecule has 0 unspecified atom stereocenters. The summed E-state index contributed by atoms with van der Waals surface area (Å²) in [6.45, 7) is 3.25. The number of benzene rings is 3. The Labute approximate surface area is 215 Å². The van der Waals surface area contributed by atoms with Gasteiger partial charge in [0.25, 0.3) is 0 Å². The lowest BCUT2D eigenvalue weighted by molar-refractivity contribution is -0.142. The fourth-order valence-electron chi connectivity index (χ4n) is 5.55. The third-order valence-electron chi connectivity index (χ3n) is 7.39. The lowest BCUT2D eigenvalue weighted by atomic mass is 9.83. The molecule has 4 nitrogen and oxygen atoms in total. The Morgan fingerprint density at radius 2 is 1.57 bits per heavy atom. The molecule has 2 aliphatic rings. The van der Waals surface area contributed by atoms with Crippen molar-refractivity contribution in [1.82, 2.24) is 9.80 Å². The smallest absolute Gasteiger partial charge is 0.416 e. The Morgan fingerprint density at radius 1 is 0.838 bits per heavy atom. The fourth-order valence-corrected chi connectivity index (χ4v) is 5.55. The third-order valence-corrected chi connectivity index (χ3v) is 7.39. The van der Waals surface area contributed by atoms with E-state index < -0.39 is 11.7 Å². The number of rotatable bonds is 7. The summed E-state index contributed by atoms with van der Waals surface area (Å²) in [6, 6.07) is 23.6. The van der Waals surface area contributed by atoms with Crippen LogP contribution in [0, 0.1) is 5.92 Å². The van der Waals surface area contributed by atoms with Crippen LogP contribution in [0.1, 0.15) is 41.5 Å². The molecule has 0 radical (unpaired) electrons. The highest BCUT2D eigenvalue weighted by molar-refractivity contribution is 5.77. The average molecular weight is 509 g/mol. The maximum absolute atomic E-state index is 13.2. The van der Waals surface area contributed by atoms with E-state index in [9.17, 15) is 18.0 Å². The van der Waals surface area contributed by atoms with E-state index in [4.69, 9.17) is 4.74 Å². The largest absolute Gasteiger partial charge is 0.489 e. The highest BCUT2D eigenvalue weighted by Crippen LogP contribution is 2.34. The minimum Gasteiger partial charge on any atom is -0.489 e. The van der Waals surface area contributed by atoms with Gasteiger partial charge in [-0.15, -0.1) is 0 Å². The van der Waals surface area contributed by atoms with E-state index in [1.54, 1.807) is 6.07 Å². The van der Waals surface area contributed by atoms with Crippen LogP contribution in [0.3, 0.4) is 0 Å². The van der Waals surface area contributed by atoms with E-state index in [1.807, 2.05) is 47.4 Å². The number of piperidine rings is 2. The lowest BCUT2D eigenvalue weighted by Crippen LogP contribution is -2.55. The van der Waals surface area contributed by atoms with Gasteiger partial charge in [-0.3, -0.25) is 9.69 Å². The molecule has 2 aliphatic heterocycles. The molecule has 2 atom stereocenters. The van der Waals surface area contributed by atoms with Crippen molar-refractivity contribution >= 4 is 5.91 Å². The molecule has 3 aromatic carbocycles. The van der Waals surface area contributed by atoms with Crippen molar-refractivity contribution in [2.45, 2.75) is 51.2 Å². The van der Waals surface area contributed by atoms with Crippen LogP contribution < -0.4 is 4.74 Å². The Balaban J connectivity index is 1.20. The van der Waals surface area contributed by atoms with Crippen molar-refractivity contribution < 1.29 is 22.7 Å². The second-order valence-electron chi connectivity index (χ2n) is 10.0. The van der Waals surface area contributed by atoms with Crippen molar-refractivity contribution in [3.05, 3.63) is 101 Å². The molecule has 194 valence electrons. The average Bonchev–Trinajstić information content (AvgIpc) is 2.90. The van der Waals surface area contributed by atoms with E-state index in [0.717, 1.165) is 49.9 Å². The Hall–Kier alpha value is -3.32. The van der Waals surface area contributed by atoms with Crippen LogP contribution in [-0.4, -0.2) is 34.8 Å². The van der Waals surface area contributed by atoms with E-state index in [1.165, 1.54) is 17.7 Å². The van der Waals surface area contributed by atoms with Crippen LogP contribution >= 0.6 is 0 Å². The summed E-state index contributed by atoms with van der Waals surface area (Å²) in [5.41, 5.74) is 2.16. The number of fused-ring (bicyclic) bond motifs is 1. The highest BCUT2D eigenvalue weighted by atomic mass is 19.4. The zero-order valence-corrected chi connectivity index (χ0v) is 20.7. The van der Waals surface area contributed by atoms with Crippen LogP contribution in [-0.2, 0) is 30.7 Å². The number of likely N-dealkylation sites (tertiary alicyclic amines) is 2. The SMILES string of the molecule is O=C1CC[C@@H]2CN(Cc3cccc(OCc4ccccc4)c3)CC[C@@H]2N1Cc1cccc(C(F)(F)F)c1. The first-order chi connectivity index (χ1) is 17.8. The molecule has 0 bridgehead atoms. The number of alkyl halides is 3. The van der Waals surface area contributed by atoms with Gasteiger partial charge >= 0.3 is 6.18 Å². The molecule has 0 saturated carbocycles. The molecule has 1 amide bonds. The molecule has 37 heavy (non-hydrogen) atoms. The molecule has 2 fully saturated rings. The van der Waals surface area contributed by atoms with Crippen LogP contribution in [0.15, 0.2) is 78.9 Å². The van der Waals surface area contributed by atoms with Gasteiger partial charge in [0.15, 0.2) is 0 Å². The summed E-state index contributed by atoms with van der Waals surface area (Å²) in [5.74, 6) is 1.19. The lowest BCUT2D eigenvalue weighted by Gasteiger charge is -2.47. The molecule has 5 rings (SSSR count). The van der Waals surface area contributed by atoms with E-state index in [-0.39, 0.29) is 18.5 Å². The first-order valence-corrected chi connectivity index (χ1v) is 12.8. The minimum atomic E-state index is -4.39. The monoisotopic (exact) mass is 508 g/mol. The number of carbonyl (C=O) groups excluding carboxylic acids is 1. The van der Waals surface area contributed by atoms with Gasteiger partial charge in [-0.2, -0.15) is 13.2 Å². The normalized spacial score (nSPS) is 20.5. The highest BCUT2D eigenvalue weighted by Gasteiger charge is 2.39. The summed E-state index contributed by atoms with van der Waals surface area (Å²) in [5, 5.41) is 0. The first-order valence-electron chi connectivity index (χ1n) is 12.8. The molecular formula is C30H31F3N2O2. The number of hydrogen-bond acceptors (Lipinski definition) is 3. The molecule has 7 heteroatoms. The summed E-state index contributed by atoms with van der Waals surface area (Å²) in [4.78, 5) is 17.0. The van der Waals surface area contributed by atoms with Crippen molar-refractivity contribution in [2.75, 3.05) is 13.1 Å². The second-order valence-corrected chi connectivity index (χ2v) is 10.0. The third kappa shape index (κ3) is 6.34. The van der Waals surface area contributed by atoms with E-state index in [2.05, 4.69) is 17.0 Å². The van der Waals surface area contributed by atoms with Crippen molar-refractivity contribution in [3.63, 3.8) is 0 Å². The zero-order chi connectivity index (χ0) is 25.8. The van der Waals surface area contributed by atoms with Crippen LogP contribution in [0.4, 0.5) is 13.2 Å². The standard InChI is InChI=1S/C30H31F3N2O2/c31-30(32,33)26-10-4-8-23(16-26)19-35-28-14-15-34(20-25(28)12-13-29(35)36)18-24-9-5-11-27(17-24)37-21-22-6-2-1-3-7-22/h1-11,16-17,25,28H,12-15,18-21H2/t25-,28+/m1/s1. The molecule has 0 aromatic heterocycles. The van der Waals surface area contributed by atoms with Gasteiger partial charge in [0, 0.05) is 38.6 Å². The fraction of sp³-hybridized carbons (Fsp3) is 0.367. The number of halogens is 3. The minimum absolute atomic E-state index is 0.0374. The Bertz CT molecular complexity index is 1210. The molecule has 0 spiro atoms. The number of nitrogens with zero attached hydrogens (tertiary/aromatic N) is 2. The van der Waals surface area contributed by atoms with Crippen molar-refractivity contribution in [1.29, 1.82) is 0 Å². The number of amides is 1. The summed E-state index contributed by atoms with van der Waals surface area (Å²) < 4.78 is 45.5. The summed E-state index contributed by atoms with van der Waals surface area (Å²) >= 11 is 0. The maximum Gasteiger partial charge on any atom is 0.416 e. The number of hydrogen-bond donors (Lipinski definition) is 0. The topological polar surface area (TPSA) is 32.8 Å². The summed E-state index contributed by atoms with van der Waals surface area (Å²) in [7, 11) is 0. The molecule has 2 heterocycles. The van der Waals surface area contributed by atoms with E-state index in [0.29, 0.717) is 24.5 Å². The van der Waals surface area contributed by atoms with Crippen molar-refractivity contribution in [2.24, 2.45) is 5.92 Å². The van der Waals surface area contributed by atoms with Crippen LogP contribution in [0.5, 0.6) is 5.75 Å². The quantitative estimate of drug-likeness (QED) is 0.376. The second kappa shape index (κ2) is 11.0. The van der Waals surface area contributed by atoms with Gasteiger partial charge in [0.1, 0.15) is 12.4 Å². The maximum atomic E-state index is 13.2. The predicted molar refractivity (Wildman–Crippen MR) is 136 cm³/mol. The zero-order valence-electron chi connectivity index (χ0n) is 20.7. The van der Waals surface area contributed by atoms with Crippen LogP contribution in [0.25, 0.3) is 0 Å². The van der Waals surface area contributed by atoms with Gasteiger partial charge < -0.3 is 9.64 Å². The number of ether oxygens (including phenoxy) is 1. The van der Waals surface area contributed by atoms with Crippen molar-refractivity contribution in [3.8, 4) is 5.75 Å². The van der Waals surface area contributed by atoms with Gasteiger partial charge in [-0.25, -0.2) is 0 Å². The molecule has 2 saturated heterocycles. The van der Waals surface area contributed by atoms with Gasteiger partial charge in [0.05, 0.1) is 5.56 Å². The predicted octanol–water partition coefficient (Wildman–Crippen LogP) is 6.30. The molecule has 0 aliphatic carbocycles.